The minimum absolute atomic E-state index is 0.0122. The summed E-state index contributed by atoms with van der Waals surface area (Å²) < 4.78 is 6.11. The summed E-state index contributed by atoms with van der Waals surface area (Å²) in [5.74, 6) is -1.43. The maximum Gasteiger partial charge on any atom is 0.396 e. The third kappa shape index (κ3) is 3.81. The predicted molar refractivity (Wildman–Crippen MR) is 78.5 cm³/mol. The first-order valence-electron chi connectivity index (χ1n) is 6.78. The van der Waals surface area contributed by atoms with Gasteiger partial charge in [-0.05, 0) is 12.5 Å². The van der Waals surface area contributed by atoms with E-state index in [1.54, 1.807) is 6.92 Å². The van der Waals surface area contributed by atoms with Crippen LogP contribution in [0.25, 0.3) is 0 Å². The maximum atomic E-state index is 11.4. The quantitative estimate of drug-likeness (QED) is 0.598. The van der Waals surface area contributed by atoms with E-state index >= 15 is 0 Å². The van der Waals surface area contributed by atoms with Crippen LogP contribution in [-0.2, 0) is 27.4 Å². The molecule has 0 unspecified atom stereocenters. The fourth-order valence-electron chi connectivity index (χ4n) is 1.79. The monoisotopic (exact) mass is 303 g/mol. The SMILES string of the molecule is CCOC(=O)C(=O)NCc1nnn(Cc2ccccc2)c1N. The zero-order valence-corrected chi connectivity index (χ0v) is 12.2. The lowest BCUT2D eigenvalue weighted by atomic mass is 10.2. The summed E-state index contributed by atoms with van der Waals surface area (Å²) in [6.45, 7) is 2.25. The van der Waals surface area contributed by atoms with E-state index in [0.717, 1.165) is 5.56 Å². The summed E-state index contributed by atoms with van der Waals surface area (Å²) in [4.78, 5) is 22.6. The molecule has 0 saturated carbocycles. The number of aromatic nitrogens is 3. The fourth-order valence-corrected chi connectivity index (χ4v) is 1.79. The molecule has 0 aliphatic carbocycles. The number of rotatable bonds is 5. The van der Waals surface area contributed by atoms with Gasteiger partial charge < -0.3 is 15.8 Å². The van der Waals surface area contributed by atoms with Crippen molar-refractivity contribution in [2.45, 2.75) is 20.0 Å². The lowest BCUT2D eigenvalue weighted by Crippen LogP contribution is -2.32. The number of nitrogens with one attached hydrogen (secondary N) is 1. The Hall–Kier alpha value is -2.90. The first-order valence-corrected chi connectivity index (χ1v) is 6.78. The first-order chi connectivity index (χ1) is 10.6. The average Bonchev–Trinajstić information content (AvgIpc) is 2.87. The second-order valence-corrected chi connectivity index (χ2v) is 4.47. The number of carbonyl (C=O) groups excluding carboxylic acids is 2. The van der Waals surface area contributed by atoms with Crippen molar-refractivity contribution < 1.29 is 14.3 Å². The molecule has 0 saturated heterocycles. The molecule has 0 fully saturated rings. The summed E-state index contributed by atoms with van der Waals surface area (Å²) in [5.41, 5.74) is 7.37. The minimum atomic E-state index is -0.933. The number of nitrogens with zero attached hydrogens (tertiary/aromatic N) is 3. The molecule has 1 aromatic carbocycles. The molecule has 0 aliphatic rings. The van der Waals surface area contributed by atoms with Crippen LogP contribution in [0.1, 0.15) is 18.2 Å². The third-order valence-electron chi connectivity index (χ3n) is 2.90. The molecule has 1 aromatic heterocycles. The van der Waals surface area contributed by atoms with Gasteiger partial charge >= 0.3 is 11.9 Å². The molecule has 2 rings (SSSR count). The lowest BCUT2D eigenvalue weighted by Gasteiger charge is -2.05. The molecule has 0 spiro atoms. The minimum Gasteiger partial charge on any atom is -0.459 e. The second kappa shape index (κ2) is 7.21. The van der Waals surface area contributed by atoms with E-state index in [-0.39, 0.29) is 13.2 Å². The number of anilines is 1. The molecule has 8 nitrogen and oxygen atoms in total. The average molecular weight is 303 g/mol. The molecule has 116 valence electrons. The standard InChI is InChI=1S/C14H17N5O3/c1-2-22-14(21)13(20)16-8-11-12(15)19(18-17-11)9-10-6-4-3-5-7-10/h3-7H,2,8-9,15H2,1H3,(H,16,20). The van der Waals surface area contributed by atoms with Crippen molar-refractivity contribution >= 4 is 17.7 Å². The van der Waals surface area contributed by atoms with Gasteiger partial charge in [0.2, 0.25) is 0 Å². The highest BCUT2D eigenvalue weighted by atomic mass is 16.5. The van der Waals surface area contributed by atoms with Crippen molar-refractivity contribution in [3.05, 3.63) is 41.6 Å². The number of benzene rings is 1. The first kappa shape index (κ1) is 15.5. The second-order valence-electron chi connectivity index (χ2n) is 4.47. The Kier molecular flexibility index (Phi) is 5.07. The zero-order chi connectivity index (χ0) is 15.9. The van der Waals surface area contributed by atoms with Crippen molar-refractivity contribution in [3.8, 4) is 0 Å². The number of esters is 1. The molecule has 0 atom stereocenters. The molecular weight excluding hydrogens is 286 g/mol. The molecule has 0 bridgehead atoms. The van der Waals surface area contributed by atoms with Crippen LogP contribution in [0.15, 0.2) is 30.3 Å². The molecule has 0 aliphatic heterocycles. The summed E-state index contributed by atoms with van der Waals surface area (Å²) in [6, 6.07) is 9.66. The Labute approximate surface area is 127 Å². The number of hydrogen-bond acceptors (Lipinski definition) is 6. The highest BCUT2D eigenvalue weighted by Crippen LogP contribution is 2.10. The van der Waals surface area contributed by atoms with Crippen LogP contribution in [0.4, 0.5) is 5.82 Å². The molecule has 22 heavy (non-hydrogen) atoms. The van der Waals surface area contributed by atoms with Gasteiger partial charge in [0, 0.05) is 0 Å². The Morgan fingerprint density at radius 2 is 2.05 bits per heavy atom. The van der Waals surface area contributed by atoms with Crippen molar-refractivity contribution in [1.29, 1.82) is 0 Å². The fraction of sp³-hybridized carbons (Fsp3) is 0.286. The Morgan fingerprint density at radius 1 is 1.32 bits per heavy atom. The molecule has 1 amide bonds. The number of ether oxygens (including phenoxy) is 1. The highest BCUT2D eigenvalue weighted by Gasteiger charge is 2.16. The predicted octanol–water partition coefficient (Wildman–Crippen LogP) is 0.0879. The van der Waals surface area contributed by atoms with E-state index in [1.807, 2.05) is 30.3 Å². The van der Waals surface area contributed by atoms with Crippen LogP contribution < -0.4 is 11.1 Å². The van der Waals surface area contributed by atoms with Gasteiger partial charge in [-0.1, -0.05) is 35.5 Å². The summed E-state index contributed by atoms with van der Waals surface area (Å²) in [7, 11) is 0. The Bertz CT molecular complexity index is 654. The van der Waals surface area contributed by atoms with E-state index in [9.17, 15) is 9.59 Å². The number of carbonyl (C=O) groups is 2. The third-order valence-corrected chi connectivity index (χ3v) is 2.90. The van der Waals surface area contributed by atoms with Gasteiger partial charge in [0.15, 0.2) is 0 Å². The maximum absolute atomic E-state index is 11.4. The largest absolute Gasteiger partial charge is 0.459 e. The highest BCUT2D eigenvalue weighted by molar-refractivity contribution is 6.32. The van der Waals surface area contributed by atoms with Crippen LogP contribution in [0.5, 0.6) is 0 Å². The van der Waals surface area contributed by atoms with Gasteiger partial charge in [0.25, 0.3) is 0 Å². The van der Waals surface area contributed by atoms with Crippen molar-refractivity contribution in [3.63, 3.8) is 0 Å². The van der Waals surface area contributed by atoms with Crippen LogP contribution >= 0.6 is 0 Å². The summed E-state index contributed by atoms with van der Waals surface area (Å²) >= 11 is 0. The number of nitrogens with two attached hydrogens (primary N) is 1. The topological polar surface area (TPSA) is 112 Å². The molecule has 2 aromatic rings. The van der Waals surface area contributed by atoms with Crippen LogP contribution in [0.2, 0.25) is 0 Å². The normalized spacial score (nSPS) is 10.2. The van der Waals surface area contributed by atoms with Crippen molar-refractivity contribution in [2.75, 3.05) is 12.3 Å². The molecular formula is C14H17N5O3. The van der Waals surface area contributed by atoms with E-state index < -0.39 is 11.9 Å². The molecule has 0 radical (unpaired) electrons. The lowest BCUT2D eigenvalue weighted by molar-refractivity contribution is -0.154. The van der Waals surface area contributed by atoms with Gasteiger partial charge in [-0.3, -0.25) is 4.79 Å². The van der Waals surface area contributed by atoms with E-state index in [0.29, 0.717) is 18.1 Å². The van der Waals surface area contributed by atoms with Gasteiger partial charge in [0.1, 0.15) is 11.5 Å². The van der Waals surface area contributed by atoms with E-state index in [1.165, 1.54) is 4.68 Å². The van der Waals surface area contributed by atoms with Crippen LogP contribution in [-0.4, -0.2) is 33.5 Å². The van der Waals surface area contributed by atoms with Gasteiger partial charge in [-0.15, -0.1) is 5.10 Å². The van der Waals surface area contributed by atoms with Crippen LogP contribution in [0, 0.1) is 0 Å². The number of hydrogen-bond donors (Lipinski definition) is 2. The van der Waals surface area contributed by atoms with Gasteiger partial charge in [0.05, 0.1) is 19.7 Å². The zero-order valence-electron chi connectivity index (χ0n) is 12.2. The van der Waals surface area contributed by atoms with E-state index in [4.69, 9.17) is 5.73 Å². The van der Waals surface area contributed by atoms with Crippen LogP contribution in [0.3, 0.4) is 0 Å². The Morgan fingerprint density at radius 3 is 2.73 bits per heavy atom. The van der Waals surface area contributed by atoms with E-state index in [2.05, 4.69) is 20.4 Å². The molecule has 3 N–H and O–H groups in total. The van der Waals surface area contributed by atoms with Crippen molar-refractivity contribution in [1.82, 2.24) is 20.3 Å². The Balaban J connectivity index is 1.96. The molecule has 1 heterocycles. The summed E-state index contributed by atoms with van der Waals surface area (Å²) in [5, 5.41) is 10.2. The number of amides is 1. The summed E-state index contributed by atoms with van der Waals surface area (Å²) in [6.07, 6.45) is 0. The molecule has 8 heteroatoms. The van der Waals surface area contributed by atoms with Gasteiger partial charge in [-0.2, -0.15) is 0 Å². The number of nitrogen functional groups attached to an aromatic ring is 1. The van der Waals surface area contributed by atoms with Crippen molar-refractivity contribution in [2.24, 2.45) is 0 Å². The smallest absolute Gasteiger partial charge is 0.396 e. The van der Waals surface area contributed by atoms with Gasteiger partial charge in [-0.25, -0.2) is 9.48 Å².